The lowest BCUT2D eigenvalue weighted by molar-refractivity contribution is -0.137. The van der Waals surface area contributed by atoms with Crippen molar-refractivity contribution >= 4 is 34.4 Å². The average Bonchev–Trinajstić information content (AvgIpc) is 3.34. The number of hydrogen-bond donors (Lipinski definition) is 4. The molecule has 0 radical (unpaired) electrons. The first-order valence-corrected chi connectivity index (χ1v) is 13.5. The molecule has 1 unspecified atom stereocenters. The highest BCUT2D eigenvalue weighted by Gasteiger charge is 2.35. The summed E-state index contributed by atoms with van der Waals surface area (Å²) in [6, 6.07) is 17.0. The van der Waals surface area contributed by atoms with Gasteiger partial charge < -0.3 is 21.5 Å². The molecule has 12 heteroatoms. The molecule has 43 heavy (non-hydrogen) atoms. The van der Waals surface area contributed by atoms with Crippen molar-refractivity contribution in [3.05, 3.63) is 89.7 Å². The van der Waals surface area contributed by atoms with Gasteiger partial charge in [-0.1, -0.05) is 44.2 Å². The number of aliphatic hydroxyl groups is 1. The monoisotopic (exact) mass is 589 g/mol. The number of alkyl halides is 3. The maximum atomic E-state index is 14.0. The number of carbonyl (C=O) groups excluding carboxylic acids is 1. The van der Waals surface area contributed by atoms with E-state index in [9.17, 15) is 23.1 Å². The Balaban J connectivity index is 1.62. The number of rotatable bonds is 9. The number of halogens is 3. The molecule has 0 aliphatic rings. The molecule has 0 aliphatic heterocycles. The minimum Gasteiger partial charge on any atom is -0.394 e. The van der Waals surface area contributed by atoms with E-state index in [4.69, 9.17) is 10.7 Å². The topological polar surface area (TPSA) is 131 Å². The van der Waals surface area contributed by atoms with E-state index in [1.807, 2.05) is 38.1 Å². The smallest absolute Gasteiger partial charge is 0.394 e. The summed E-state index contributed by atoms with van der Waals surface area (Å²) in [5.41, 5.74) is 6.72. The Morgan fingerprint density at radius 2 is 1.81 bits per heavy atom. The number of benzene rings is 3. The summed E-state index contributed by atoms with van der Waals surface area (Å²) >= 11 is 0. The number of aromatic nitrogens is 4. The highest BCUT2D eigenvalue weighted by atomic mass is 19.4. The van der Waals surface area contributed by atoms with Crippen LogP contribution >= 0.6 is 0 Å². The lowest BCUT2D eigenvalue weighted by Crippen LogP contribution is -2.29. The molecular formula is C31H30F3N7O2. The molecule has 0 saturated heterocycles. The van der Waals surface area contributed by atoms with Crippen LogP contribution in [0.1, 0.15) is 35.3 Å². The Bertz CT molecular complexity index is 1800. The number of hydrogen-bond acceptors (Lipinski definition) is 7. The van der Waals surface area contributed by atoms with E-state index in [-0.39, 0.29) is 35.3 Å². The highest BCUT2D eigenvalue weighted by molar-refractivity contribution is 6.01. The minimum atomic E-state index is -4.71. The van der Waals surface area contributed by atoms with Crippen LogP contribution in [0.2, 0.25) is 0 Å². The third kappa shape index (κ3) is 6.00. The second kappa shape index (κ2) is 11.7. The molecule has 222 valence electrons. The number of amides is 1. The summed E-state index contributed by atoms with van der Waals surface area (Å²) in [5, 5.41) is 16.3. The van der Waals surface area contributed by atoms with E-state index in [1.54, 1.807) is 23.6 Å². The quantitative estimate of drug-likeness (QED) is 0.164. The van der Waals surface area contributed by atoms with Crippen LogP contribution in [0.15, 0.2) is 73.1 Å². The second-order valence-electron chi connectivity index (χ2n) is 10.4. The molecule has 0 aliphatic carbocycles. The number of aryl methyl sites for hydroxylation is 1. The van der Waals surface area contributed by atoms with Crippen molar-refractivity contribution in [1.29, 1.82) is 0 Å². The van der Waals surface area contributed by atoms with Gasteiger partial charge in [0.05, 0.1) is 29.2 Å². The van der Waals surface area contributed by atoms with Crippen molar-refractivity contribution in [2.75, 3.05) is 17.2 Å². The number of imidazole rings is 1. The van der Waals surface area contributed by atoms with Crippen LogP contribution in [0.25, 0.3) is 28.0 Å². The maximum absolute atomic E-state index is 14.0. The number of fused-ring (bicyclic) bond motifs is 1. The van der Waals surface area contributed by atoms with E-state index >= 15 is 0 Å². The van der Waals surface area contributed by atoms with Gasteiger partial charge in [0.25, 0.3) is 0 Å². The average molecular weight is 590 g/mol. The number of para-hydroxylation sites is 2. The van der Waals surface area contributed by atoms with Crippen LogP contribution in [0, 0.1) is 12.8 Å². The van der Waals surface area contributed by atoms with Crippen molar-refractivity contribution in [3.63, 3.8) is 0 Å². The lowest BCUT2D eigenvalue weighted by Gasteiger charge is -2.21. The van der Waals surface area contributed by atoms with E-state index in [2.05, 4.69) is 20.6 Å². The molecule has 9 nitrogen and oxygen atoms in total. The molecule has 0 saturated carbocycles. The van der Waals surface area contributed by atoms with Gasteiger partial charge in [-0.3, -0.25) is 9.36 Å². The first kappa shape index (κ1) is 29.5. The van der Waals surface area contributed by atoms with Crippen molar-refractivity contribution in [2.45, 2.75) is 33.0 Å². The van der Waals surface area contributed by atoms with Crippen LogP contribution in [-0.4, -0.2) is 43.2 Å². The van der Waals surface area contributed by atoms with E-state index in [1.165, 1.54) is 24.5 Å². The fourth-order valence-electron chi connectivity index (χ4n) is 4.84. The summed E-state index contributed by atoms with van der Waals surface area (Å²) in [7, 11) is 0. The number of nitrogens with two attached hydrogens (primary N) is 1. The summed E-state index contributed by atoms with van der Waals surface area (Å²) < 4.78 is 43.9. The fourth-order valence-corrected chi connectivity index (χ4v) is 4.84. The van der Waals surface area contributed by atoms with Crippen molar-refractivity contribution in [3.8, 4) is 16.9 Å². The summed E-state index contributed by atoms with van der Waals surface area (Å²) in [4.78, 5) is 25.7. The standard InChI is InChI=1S/C31H30F3N7O2/c1-17(2)24(15-42)38-26-14-27(37-16-36-26)41-25-10-5-4-9-22(25)39-30(41)40-23-13-19(12-11-18(23)3)28-20(29(35)43)7-6-8-21(28)31(32,33)34/h4-14,16-17,24,42H,15H2,1-3H3,(H2,35,43)(H,39,40)(H,36,37,38). The number of nitrogens with one attached hydrogen (secondary N) is 2. The largest absolute Gasteiger partial charge is 0.417 e. The zero-order chi connectivity index (χ0) is 30.9. The van der Waals surface area contributed by atoms with Crippen LogP contribution in [0.4, 0.5) is 30.6 Å². The zero-order valence-electron chi connectivity index (χ0n) is 23.6. The first-order chi connectivity index (χ1) is 20.5. The third-order valence-corrected chi connectivity index (χ3v) is 7.19. The summed E-state index contributed by atoms with van der Waals surface area (Å²) in [6.45, 7) is 5.69. The molecule has 3 aromatic carbocycles. The van der Waals surface area contributed by atoms with E-state index < -0.39 is 17.6 Å². The molecule has 0 bridgehead atoms. The van der Waals surface area contributed by atoms with Crippen molar-refractivity contribution in [1.82, 2.24) is 19.5 Å². The third-order valence-electron chi connectivity index (χ3n) is 7.19. The molecule has 2 aromatic heterocycles. The van der Waals surface area contributed by atoms with Crippen LogP contribution in [-0.2, 0) is 6.18 Å². The second-order valence-corrected chi connectivity index (χ2v) is 10.4. The molecule has 0 fully saturated rings. The van der Waals surface area contributed by atoms with Gasteiger partial charge in [0.15, 0.2) is 0 Å². The van der Waals surface area contributed by atoms with E-state index in [0.29, 0.717) is 28.8 Å². The Morgan fingerprint density at radius 3 is 2.51 bits per heavy atom. The first-order valence-electron chi connectivity index (χ1n) is 13.5. The molecule has 5 N–H and O–H groups in total. The van der Waals surface area contributed by atoms with Crippen LogP contribution < -0.4 is 16.4 Å². The normalized spacial score (nSPS) is 12.5. The van der Waals surface area contributed by atoms with E-state index in [0.717, 1.165) is 23.2 Å². The Kier molecular flexibility index (Phi) is 8.05. The Labute approximate surface area is 245 Å². The predicted molar refractivity (Wildman–Crippen MR) is 159 cm³/mol. The SMILES string of the molecule is Cc1ccc(-c2c(C(N)=O)cccc2C(F)(F)F)cc1Nc1nc2ccccc2n1-c1cc(NC(CO)C(C)C)ncn1. The number of nitrogens with zero attached hydrogens (tertiary/aromatic N) is 4. The summed E-state index contributed by atoms with van der Waals surface area (Å²) in [5.74, 6) is 0.506. The van der Waals surface area contributed by atoms with Gasteiger partial charge in [0.1, 0.15) is 18.0 Å². The molecule has 5 aromatic rings. The van der Waals surface area contributed by atoms with Crippen molar-refractivity contribution < 1.29 is 23.1 Å². The predicted octanol–water partition coefficient (Wildman–Crippen LogP) is 6.08. The molecule has 1 atom stereocenters. The van der Waals surface area contributed by atoms with Gasteiger partial charge in [-0.15, -0.1) is 0 Å². The molecule has 0 spiro atoms. The van der Waals surface area contributed by atoms with Crippen LogP contribution in [0.3, 0.4) is 0 Å². The van der Waals surface area contributed by atoms with Gasteiger partial charge in [-0.05, 0) is 54.3 Å². The summed E-state index contributed by atoms with van der Waals surface area (Å²) in [6.07, 6.45) is -3.31. The van der Waals surface area contributed by atoms with Gasteiger partial charge in [-0.2, -0.15) is 13.2 Å². The fraction of sp³-hybridized carbons (Fsp3) is 0.226. The number of aliphatic hydroxyl groups excluding tert-OH is 1. The molecule has 2 heterocycles. The van der Waals surface area contributed by atoms with Gasteiger partial charge in [0.2, 0.25) is 11.9 Å². The number of carbonyl (C=O) groups is 1. The molecule has 5 rings (SSSR count). The van der Waals surface area contributed by atoms with Crippen molar-refractivity contribution in [2.24, 2.45) is 11.7 Å². The van der Waals surface area contributed by atoms with Gasteiger partial charge in [-0.25, -0.2) is 15.0 Å². The zero-order valence-corrected chi connectivity index (χ0v) is 23.6. The minimum absolute atomic E-state index is 0.0810. The number of primary amides is 1. The number of anilines is 3. The molecular weight excluding hydrogens is 559 g/mol. The Morgan fingerprint density at radius 1 is 1.05 bits per heavy atom. The van der Waals surface area contributed by atoms with Gasteiger partial charge >= 0.3 is 6.18 Å². The molecule has 1 amide bonds. The maximum Gasteiger partial charge on any atom is 0.417 e. The Hall–Kier alpha value is -4.97. The van der Waals surface area contributed by atoms with Crippen LogP contribution in [0.5, 0.6) is 0 Å². The lowest BCUT2D eigenvalue weighted by atomic mass is 9.92. The van der Waals surface area contributed by atoms with Gasteiger partial charge in [0, 0.05) is 22.9 Å². The highest BCUT2D eigenvalue weighted by Crippen LogP contribution is 2.40.